The van der Waals surface area contributed by atoms with Crippen molar-refractivity contribution in [3.63, 3.8) is 0 Å². The molecule has 10 aromatic carbocycles. The van der Waals surface area contributed by atoms with Crippen LogP contribution in [0.4, 0.5) is 0 Å². The number of rotatable bonds is 5. The van der Waals surface area contributed by atoms with Crippen LogP contribution in [0.5, 0.6) is 0 Å². The summed E-state index contributed by atoms with van der Waals surface area (Å²) in [4.78, 5) is 15.6. The zero-order valence-electron chi connectivity index (χ0n) is 31.9. The Hall–Kier alpha value is -7.95. The Balaban J connectivity index is 1.03. The van der Waals surface area contributed by atoms with Gasteiger partial charge in [0.05, 0.1) is 11.0 Å². The monoisotopic (exact) mass is 750 g/mol. The van der Waals surface area contributed by atoms with Gasteiger partial charge >= 0.3 is 0 Å². The molecule has 0 spiro atoms. The first-order valence-electron chi connectivity index (χ1n) is 20.0. The standard InChI is InChI=1S/C55H34N4/c1-3-15-36(16-4-1)53-56-54(37-29-27-35(28-30-37)38-31-32-45-44-23-13-14-26-50(44)59(51(45)33-38)39-17-5-2-6-18-39)58-55(57-53)49-34-48-42-21-8-7-19-40(42)41-20-9-11-24-46(41)52(48)47-25-12-10-22-43(47)49/h1-34H. The Labute approximate surface area is 340 Å². The maximum absolute atomic E-state index is 5.29. The molecule has 2 heterocycles. The third-order valence-corrected chi connectivity index (χ3v) is 11.8. The Kier molecular flexibility index (Phi) is 7.50. The first kappa shape index (κ1) is 33.2. The molecule has 0 N–H and O–H groups in total. The third-order valence-electron chi connectivity index (χ3n) is 11.8. The first-order valence-corrected chi connectivity index (χ1v) is 20.0. The molecule has 0 saturated heterocycles. The molecule has 0 fully saturated rings. The minimum Gasteiger partial charge on any atom is -0.309 e. The van der Waals surface area contributed by atoms with E-state index in [0.717, 1.165) is 38.9 Å². The van der Waals surface area contributed by atoms with E-state index in [1.165, 1.54) is 59.5 Å². The fourth-order valence-electron chi connectivity index (χ4n) is 9.11. The first-order chi connectivity index (χ1) is 29.3. The molecule has 0 aliphatic heterocycles. The van der Waals surface area contributed by atoms with Crippen LogP contribution in [0, 0.1) is 0 Å². The van der Waals surface area contributed by atoms with Gasteiger partial charge in [-0.1, -0.05) is 176 Å². The topological polar surface area (TPSA) is 43.6 Å². The predicted molar refractivity (Wildman–Crippen MR) is 246 cm³/mol. The van der Waals surface area contributed by atoms with Crippen LogP contribution in [0.25, 0.3) is 116 Å². The molecular weight excluding hydrogens is 717 g/mol. The quantitative estimate of drug-likeness (QED) is 0.165. The number of para-hydroxylation sites is 2. The Morgan fingerprint density at radius 2 is 0.729 bits per heavy atom. The number of fused-ring (bicyclic) bond motifs is 11. The van der Waals surface area contributed by atoms with Crippen LogP contribution in [-0.2, 0) is 0 Å². The normalized spacial score (nSPS) is 11.7. The highest BCUT2D eigenvalue weighted by Crippen LogP contribution is 2.43. The summed E-state index contributed by atoms with van der Waals surface area (Å²) in [6, 6.07) is 73.3. The Morgan fingerprint density at radius 1 is 0.271 bits per heavy atom. The van der Waals surface area contributed by atoms with E-state index < -0.39 is 0 Å². The third kappa shape index (κ3) is 5.34. The second-order valence-corrected chi connectivity index (χ2v) is 15.2. The van der Waals surface area contributed by atoms with Gasteiger partial charge in [0.25, 0.3) is 0 Å². The fourth-order valence-corrected chi connectivity index (χ4v) is 9.11. The van der Waals surface area contributed by atoms with Crippen LogP contribution in [0.15, 0.2) is 206 Å². The second-order valence-electron chi connectivity index (χ2n) is 15.2. The van der Waals surface area contributed by atoms with E-state index in [-0.39, 0.29) is 0 Å². The fraction of sp³-hybridized carbons (Fsp3) is 0. The lowest BCUT2D eigenvalue weighted by molar-refractivity contribution is 1.08. The molecule has 0 unspecified atom stereocenters. The molecule has 0 bridgehead atoms. The van der Waals surface area contributed by atoms with E-state index in [9.17, 15) is 0 Å². The van der Waals surface area contributed by atoms with Crippen LogP contribution in [0.1, 0.15) is 0 Å². The zero-order chi connectivity index (χ0) is 38.9. The van der Waals surface area contributed by atoms with E-state index in [1.807, 2.05) is 18.2 Å². The molecule has 0 radical (unpaired) electrons. The Morgan fingerprint density at radius 3 is 1.42 bits per heavy atom. The van der Waals surface area contributed by atoms with Gasteiger partial charge in [-0.25, -0.2) is 15.0 Å². The van der Waals surface area contributed by atoms with Crippen molar-refractivity contribution in [2.75, 3.05) is 0 Å². The van der Waals surface area contributed by atoms with Gasteiger partial charge in [-0.15, -0.1) is 0 Å². The lowest BCUT2D eigenvalue weighted by Gasteiger charge is -2.16. The van der Waals surface area contributed by atoms with E-state index in [1.54, 1.807) is 0 Å². The van der Waals surface area contributed by atoms with Crippen molar-refractivity contribution < 1.29 is 0 Å². The highest BCUT2D eigenvalue weighted by Gasteiger charge is 2.19. The zero-order valence-corrected chi connectivity index (χ0v) is 31.9. The molecular formula is C55H34N4. The smallest absolute Gasteiger partial charge is 0.164 e. The van der Waals surface area contributed by atoms with Crippen LogP contribution in [0.2, 0.25) is 0 Å². The van der Waals surface area contributed by atoms with Gasteiger partial charge in [0.15, 0.2) is 17.5 Å². The molecule has 12 rings (SSSR count). The van der Waals surface area contributed by atoms with Crippen molar-refractivity contribution in [3.8, 4) is 51.0 Å². The molecule has 0 aliphatic rings. The molecule has 4 heteroatoms. The number of hydrogen-bond acceptors (Lipinski definition) is 3. The van der Waals surface area contributed by atoms with Crippen LogP contribution >= 0.6 is 0 Å². The number of hydrogen-bond donors (Lipinski definition) is 0. The van der Waals surface area contributed by atoms with Crippen LogP contribution < -0.4 is 0 Å². The summed E-state index contributed by atoms with van der Waals surface area (Å²) in [7, 11) is 0. The molecule has 2 aromatic heterocycles. The second kappa shape index (κ2) is 13.3. The molecule has 0 aliphatic carbocycles. The SMILES string of the molecule is c1ccc(-c2nc(-c3ccc(-c4ccc5c6ccccc6n(-c6ccccc6)c5c4)cc3)nc(-c3cc4c5ccccc5c5ccccc5c4c4ccccc34)n2)cc1. The summed E-state index contributed by atoms with van der Waals surface area (Å²) in [5.41, 5.74) is 8.64. The van der Waals surface area contributed by atoms with Gasteiger partial charge in [-0.05, 0) is 84.5 Å². The molecule has 12 aromatic rings. The van der Waals surface area contributed by atoms with E-state index in [2.05, 4.69) is 193 Å². The van der Waals surface area contributed by atoms with Crippen molar-refractivity contribution >= 4 is 64.9 Å². The van der Waals surface area contributed by atoms with Gasteiger partial charge < -0.3 is 4.57 Å². The van der Waals surface area contributed by atoms with Crippen LogP contribution in [0.3, 0.4) is 0 Å². The molecule has 0 saturated carbocycles. The minimum atomic E-state index is 0.632. The van der Waals surface area contributed by atoms with Crippen molar-refractivity contribution in [2.24, 2.45) is 0 Å². The van der Waals surface area contributed by atoms with Gasteiger partial charge in [0.2, 0.25) is 0 Å². The molecule has 0 amide bonds. The molecule has 274 valence electrons. The van der Waals surface area contributed by atoms with Crippen molar-refractivity contribution in [2.45, 2.75) is 0 Å². The highest BCUT2D eigenvalue weighted by atomic mass is 15.0. The number of benzene rings is 10. The van der Waals surface area contributed by atoms with Crippen molar-refractivity contribution in [3.05, 3.63) is 206 Å². The lowest BCUT2D eigenvalue weighted by atomic mass is 9.89. The average Bonchev–Trinajstić information content (AvgIpc) is 3.65. The van der Waals surface area contributed by atoms with Gasteiger partial charge in [0.1, 0.15) is 0 Å². The summed E-state index contributed by atoms with van der Waals surface area (Å²) in [6.07, 6.45) is 0. The van der Waals surface area contributed by atoms with Gasteiger partial charge in [-0.2, -0.15) is 0 Å². The van der Waals surface area contributed by atoms with Crippen molar-refractivity contribution in [1.82, 2.24) is 19.5 Å². The summed E-state index contributed by atoms with van der Waals surface area (Å²) < 4.78 is 2.36. The number of aromatic nitrogens is 4. The average molecular weight is 751 g/mol. The van der Waals surface area contributed by atoms with Crippen LogP contribution in [-0.4, -0.2) is 19.5 Å². The summed E-state index contributed by atoms with van der Waals surface area (Å²) in [5.74, 6) is 1.92. The summed E-state index contributed by atoms with van der Waals surface area (Å²) in [6.45, 7) is 0. The van der Waals surface area contributed by atoms with Gasteiger partial charge in [0, 0.05) is 33.2 Å². The molecule has 59 heavy (non-hydrogen) atoms. The maximum atomic E-state index is 5.29. The Bertz CT molecular complexity index is 3590. The maximum Gasteiger partial charge on any atom is 0.164 e. The lowest BCUT2D eigenvalue weighted by Crippen LogP contribution is -2.01. The largest absolute Gasteiger partial charge is 0.309 e. The van der Waals surface area contributed by atoms with E-state index in [4.69, 9.17) is 15.0 Å². The summed E-state index contributed by atoms with van der Waals surface area (Å²) >= 11 is 0. The van der Waals surface area contributed by atoms with E-state index >= 15 is 0 Å². The minimum absolute atomic E-state index is 0.632. The molecule has 0 atom stereocenters. The van der Waals surface area contributed by atoms with Gasteiger partial charge in [-0.3, -0.25) is 0 Å². The molecule has 4 nitrogen and oxygen atoms in total. The predicted octanol–water partition coefficient (Wildman–Crippen LogP) is 14.2. The highest BCUT2D eigenvalue weighted by molar-refractivity contribution is 6.32. The van der Waals surface area contributed by atoms with E-state index in [0.29, 0.717) is 17.5 Å². The summed E-state index contributed by atoms with van der Waals surface area (Å²) in [5, 5.41) is 12.1. The van der Waals surface area contributed by atoms with Crippen molar-refractivity contribution in [1.29, 1.82) is 0 Å². The number of nitrogens with zero attached hydrogens (tertiary/aromatic N) is 4.